The van der Waals surface area contributed by atoms with Gasteiger partial charge >= 0.3 is 0 Å². The molecule has 94 valence electrons. The highest BCUT2D eigenvalue weighted by molar-refractivity contribution is 5.52. The SMILES string of the molecule is CC(C)CC(C)CN1Cc2cccc(N)c2C1. The second kappa shape index (κ2) is 5.09. The predicted octanol–water partition coefficient (Wildman–Crippen LogP) is 3.27. The molecule has 0 aromatic heterocycles. The molecule has 1 aromatic carbocycles. The van der Waals surface area contributed by atoms with E-state index in [4.69, 9.17) is 5.73 Å². The maximum absolute atomic E-state index is 6.02. The maximum Gasteiger partial charge on any atom is 0.0363 e. The van der Waals surface area contributed by atoms with Crippen LogP contribution in [0.4, 0.5) is 5.69 Å². The van der Waals surface area contributed by atoms with Gasteiger partial charge in [0.2, 0.25) is 0 Å². The summed E-state index contributed by atoms with van der Waals surface area (Å²) >= 11 is 0. The Morgan fingerprint density at radius 2 is 2.00 bits per heavy atom. The summed E-state index contributed by atoms with van der Waals surface area (Å²) in [6, 6.07) is 6.29. The lowest BCUT2D eigenvalue weighted by atomic mass is 9.98. The summed E-state index contributed by atoms with van der Waals surface area (Å²) in [6.45, 7) is 10.2. The highest BCUT2D eigenvalue weighted by Crippen LogP contribution is 2.28. The smallest absolute Gasteiger partial charge is 0.0363 e. The van der Waals surface area contributed by atoms with Crippen LogP contribution in [-0.2, 0) is 13.1 Å². The Kier molecular flexibility index (Phi) is 3.72. The zero-order valence-electron chi connectivity index (χ0n) is 11.2. The molecule has 2 rings (SSSR count). The molecule has 17 heavy (non-hydrogen) atoms. The van der Waals surface area contributed by atoms with Gasteiger partial charge in [-0.25, -0.2) is 0 Å². The number of fused-ring (bicyclic) bond motifs is 1. The largest absolute Gasteiger partial charge is 0.398 e. The molecular formula is C15H24N2. The Hall–Kier alpha value is -1.02. The van der Waals surface area contributed by atoms with E-state index in [-0.39, 0.29) is 0 Å². The number of benzene rings is 1. The zero-order valence-corrected chi connectivity index (χ0v) is 11.2. The lowest BCUT2D eigenvalue weighted by molar-refractivity contribution is 0.227. The summed E-state index contributed by atoms with van der Waals surface area (Å²) in [4.78, 5) is 2.52. The van der Waals surface area contributed by atoms with E-state index in [2.05, 4.69) is 37.8 Å². The van der Waals surface area contributed by atoms with E-state index >= 15 is 0 Å². The fraction of sp³-hybridized carbons (Fsp3) is 0.600. The van der Waals surface area contributed by atoms with Crippen molar-refractivity contribution in [3.05, 3.63) is 29.3 Å². The first kappa shape index (κ1) is 12.4. The Bertz CT molecular complexity index is 385. The summed E-state index contributed by atoms with van der Waals surface area (Å²) in [5.41, 5.74) is 9.75. The van der Waals surface area contributed by atoms with Crippen molar-refractivity contribution in [2.24, 2.45) is 11.8 Å². The predicted molar refractivity (Wildman–Crippen MR) is 73.6 cm³/mol. The van der Waals surface area contributed by atoms with Gasteiger partial charge < -0.3 is 5.73 Å². The summed E-state index contributed by atoms with van der Waals surface area (Å²) in [5.74, 6) is 1.56. The van der Waals surface area contributed by atoms with Crippen LogP contribution in [0, 0.1) is 11.8 Å². The lowest BCUT2D eigenvalue weighted by Gasteiger charge is -2.21. The monoisotopic (exact) mass is 232 g/mol. The fourth-order valence-corrected chi connectivity index (χ4v) is 2.97. The average Bonchev–Trinajstić information content (AvgIpc) is 2.60. The Balaban J connectivity index is 1.94. The highest BCUT2D eigenvalue weighted by Gasteiger charge is 2.21. The third-order valence-electron chi connectivity index (χ3n) is 3.53. The van der Waals surface area contributed by atoms with Crippen molar-refractivity contribution in [2.45, 2.75) is 40.3 Å². The summed E-state index contributed by atoms with van der Waals surface area (Å²) in [5, 5.41) is 0. The minimum atomic E-state index is 0.769. The van der Waals surface area contributed by atoms with Crippen molar-refractivity contribution in [3.63, 3.8) is 0 Å². The van der Waals surface area contributed by atoms with Crippen molar-refractivity contribution in [1.82, 2.24) is 4.90 Å². The van der Waals surface area contributed by atoms with Crippen LogP contribution < -0.4 is 5.73 Å². The van der Waals surface area contributed by atoms with Crippen molar-refractivity contribution in [1.29, 1.82) is 0 Å². The molecule has 2 nitrogen and oxygen atoms in total. The molecule has 0 saturated carbocycles. The van der Waals surface area contributed by atoms with Crippen LogP contribution in [0.5, 0.6) is 0 Å². The van der Waals surface area contributed by atoms with Crippen molar-refractivity contribution in [2.75, 3.05) is 12.3 Å². The number of nitrogens with two attached hydrogens (primary N) is 1. The first-order valence-electron chi connectivity index (χ1n) is 6.65. The van der Waals surface area contributed by atoms with Crippen molar-refractivity contribution < 1.29 is 0 Å². The van der Waals surface area contributed by atoms with Gasteiger partial charge in [0.1, 0.15) is 0 Å². The molecule has 2 heteroatoms. The van der Waals surface area contributed by atoms with Gasteiger partial charge in [0.05, 0.1) is 0 Å². The third-order valence-corrected chi connectivity index (χ3v) is 3.53. The summed E-state index contributed by atoms with van der Waals surface area (Å²) < 4.78 is 0. The minimum Gasteiger partial charge on any atom is -0.398 e. The molecule has 0 amide bonds. The van der Waals surface area contributed by atoms with Gasteiger partial charge in [-0.05, 0) is 35.4 Å². The first-order valence-corrected chi connectivity index (χ1v) is 6.65. The van der Waals surface area contributed by atoms with Crippen LogP contribution in [0.25, 0.3) is 0 Å². The highest BCUT2D eigenvalue weighted by atomic mass is 15.1. The van der Waals surface area contributed by atoms with E-state index < -0.39 is 0 Å². The van der Waals surface area contributed by atoms with Gasteiger partial charge in [0.25, 0.3) is 0 Å². The summed E-state index contributed by atoms with van der Waals surface area (Å²) in [6.07, 6.45) is 1.31. The maximum atomic E-state index is 6.02. The van der Waals surface area contributed by atoms with Gasteiger partial charge in [-0.1, -0.05) is 32.9 Å². The van der Waals surface area contributed by atoms with E-state index in [1.807, 2.05) is 6.07 Å². The van der Waals surface area contributed by atoms with E-state index in [1.54, 1.807) is 0 Å². The second-order valence-electron chi connectivity index (χ2n) is 5.89. The van der Waals surface area contributed by atoms with Crippen LogP contribution in [0.1, 0.15) is 38.3 Å². The van der Waals surface area contributed by atoms with Crippen LogP contribution in [-0.4, -0.2) is 11.4 Å². The number of nitrogen functional groups attached to an aromatic ring is 1. The van der Waals surface area contributed by atoms with Crippen LogP contribution in [0.3, 0.4) is 0 Å². The van der Waals surface area contributed by atoms with Crippen LogP contribution >= 0.6 is 0 Å². The molecule has 0 saturated heterocycles. The van der Waals surface area contributed by atoms with Crippen molar-refractivity contribution in [3.8, 4) is 0 Å². The summed E-state index contributed by atoms with van der Waals surface area (Å²) in [7, 11) is 0. The zero-order chi connectivity index (χ0) is 12.4. The van der Waals surface area contributed by atoms with Crippen molar-refractivity contribution >= 4 is 5.69 Å². The molecule has 1 aliphatic rings. The lowest BCUT2D eigenvalue weighted by Crippen LogP contribution is -2.24. The van der Waals surface area contributed by atoms with Crippen LogP contribution in [0.2, 0.25) is 0 Å². The molecule has 1 unspecified atom stereocenters. The molecular weight excluding hydrogens is 208 g/mol. The van der Waals surface area contributed by atoms with Gasteiger partial charge in [-0.15, -0.1) is 0 Å². The first-order chi connectivity index (χ1) is 8.06. The third kappa shape index (κ3) is 3.01. The number of hydrogen-bond acceptors (Lipinski definition) is 2. The topological polar surface area (TPSA) is 29.3 Å². The Morgan fingerprint density at radius 1 is 1.24 bits per heavy atom. The van der Waals surface area contributed by atoms with Gasteiger partial charge in [0.15, 0.2) is 0 Å². The molecule has 0 radical (unpaired) electrons. The van der Waals surface area contributed by atoms with Gasteiger partial charge in [-0.2, -0.15) is 0 Å². The number of anilines is 1. The molecule has 1 atom stereocenters. The molecule has 0 aliphatic carbocycles. The van der Waals surface area contributed by atoms with Gasteiger partial charge in [-0.3, -0.25) is 4.90 Å². The molecule has 1 aromatic rings. The van der Waals surface area contributed by atoms with E-state index in [0.717, 1.165) is 30.6 Å². The van der Waals surface area contributed by atoms with Crippen LogP contribution in [0.15, 0.2) is 18.2 Å². The van der Waals surface area contributed by atoms with E-state index in [0.29, 0.717) is 0 Å². The second-order valence-corrected chi connectivity index (χ2v) is 5.89. The van der Waals surface area contributed by atoms with Gasteiger partial charge in [0, 0.05) is 25.3 Å². The molecule has 2 N–H and O–H groups in total. The van der Waals surface area contributed by atoms with E-state index in [9.17, 15) is 0 Å². The quantitative estimate of drug-likeness (QED) is 0.807. The fourth-order valence-electron chi connectivity index (χ4n) is 2.97. The molecule has 0 spiro atoms. The normalized spacial score (nSPS) is 17.4. The number of hydrogen-bond donors (Lipinski definition) is 1. The number of nitrogens with zero attached hydrogens (tertiary/aromatic N) is 1. The molecule has 0 fully saturated rings. The molecule has 1 heterocycles. The standard InChI is InChI=1S/C15H24N2/c1-11(2)7-12(3)8-17-9-13-5-4-6-15(16)14(13)10-17/h4-6,11-12H,7-10,16H2,1-3H3. The molecule has 1 aliphatic heterocycles. The van der Waals surface area contributed by atoms with E-state index in [1.165, 1.54) is 24.1 Å². The number of rotatable bonds is 4. The minimum absolute atomic E-state index is 0.769. The Labute approximate surface area is 105 Å². The molecule has 0 bridgehead atoms. The Morgan fingerprint density at radius 3 is 2.65 bits per heavy atom. The average molecular weight is 232 g/mol.